The molecule has 238 valence electrons. The first-order valence-electron chi connectivity index (χ1n) is 14.4. The van der Waals surface area contributed by atoms with Crippen LogP contribution in [0.5, 0.6) is 5.75 Å². The normalized spacial score (nSPS) is 15.4. The molecule has 1 aromatic heterocycles. The van der Waals surface area contributed by atoms with Gasteiger partial charge in [0.1, 0.15) is 0 Å². The lowest BCUT2D eigenvalue weighted by Crippen LogP contribution is -2.38. The SMILES string of the molecule is CCC(=CC=C1Oc2ccc(Cl)cc2N1CCCS(=O)(=O)[O-])c1oc2ccc(-c3ccccc3)cc2[n+]1CCC(C)S(=O)(=O)[O-]. The summed E-state index contributed by atoms with van der Waals surface area (Å²) in [5, 5.41) is -0.627. The number of aromatic nitrogens is 1. The van der Waals surface area contributed by atoms with Gasteiger partial charge in [0.25, 0.3) is 5.52 Å². The van der Waals surface area contributed by atoms with E-state index in [1.54, 1.807) is 29.2 Å². The maximum Gasteiger partial charge on any atom is 0.377 e. The predicted octanol–water partition coefficient (Wildman–Crippen LogP) is 5.83. The van der Waals surface area contributed by atoms with Gasteiger partial charge in [0.05, 0.1) is 36.7 Å². The number of rotatable bonds is 12. The highest BCUT2D eigenvalue weighted by molar-refractivity contribution is 7.86. The number of halogens is 1. The molecule has 0 bridgehead atoms. The average molecular weight is 672 g/mol. The zero-order valence-corrected chi connectivity index (χ0v) is 27.1. The second-order valence-corrected chi connectivity index (χ2v) is 14.5. The second-order valence-electron chi connectivity index (χ2n) is 10.7. The minimum atomic E-state index is -4.48. The van der Waals surface area contributed by atoms with Gasteiger partial charge in [0.2, 0.25) is 11.5 Å². The van der Waals surface area contributed by atoms with E-state index >= 15 is 0 Å². The number of oxazole rings is 1. The van der Waals surface area contributed by atoms with E-state index in [4.69, 9.17) is 20.8 Å². The fourth-order valence-electron chi connectivity index (χ4n) is 5.15. The second kappa shape index (κ2) is 13.4. The van der Waals surface area contributed by atoms with Crippen LogP contribution in [0.2, 0.25) is 5.02 Å². The van der Waals surface area contributed by atoms with Gasteiger partial charge in [0, 0.05) is 29.8 Å². The summed E-state index contributed by atoms with van der Waals surface area (Å²) < 4.78 is 83.2. The Morgan fingerprint density at radius 1 is 1.02 bits per heavy atom. The summed E-state index contributed by atoms with van der Waals surface area (Å²) in [7, 11) is -8.87. The summed E-state index contributed by atoms with van der Waals surface area (Å²) in [4.78, 5) is 1.76. The molecule has 0 amide bonds. The van der Waals surface area contributed by atoms with E-state index in [1.165, 1.54) is 6.92 Å². The van der Waals surface area contributed by atoms with Crippen molar-refractivity contribution in [2.24, 2.45) is 0 Å². The van der Waals surface area contributed by atoms with Crippen LogP contribution >= 0.6 is 11.6 Å². The van der Waals surface area contributed by atoms with Gasteiger partial charge in [-0.05, 0) is 67.3 Å². The third-order valence-electron chi connectivity index (χ3n) is 7.61. The van der Waals surface area contributed by atoms with Crippen LogP contribution < -0.4 is 14.2 Å². The molecule has 1 aliphatic heterocycles. The minimum absolute atomic E-state index is 0.0803. The largest absolute Gasteiger partial charge is 0.748 e. The molecule has 1 atom stereocenters. The van der Waals surface area contributed by atoms with Gasteiger partial charge < -0.3 is 23.2 Å². The lowest BCUT2D eigenvalue weighted by Gasteiger charge is -2.18. The molecular weight excluding hydrogens is 640 g/mol. The molecule has 0 fully saturated rings. The maximum atomic E-state index is 11.7. The van der Waals surface area contributed by atoms with Gasteiger partial charge in [-0.2, -0.15) is 4.57 Å². The number of ether oxygens (including phenoxy) is 1. The lowest BCUT2D eigenvalue weighted by atomic mass is 10.1. The molecule has 2 heterocycles. The van der Waals surface area contributed by atoms with Crippen molar-refractivity contribution in [1.29, 1.82) is 0 Å². The van der Waals surface area contributed by atoms with E-state index in [0.29, 0.717) is 40.2 Å². The Labute approximate surface area is 267 Å². The summed E-state index contributed by atoms with van der Waals surface area (Å²) in [6.07, 6.45) is 4.24. The number of benzene rings is 3. The number of allylic oxidation sites excluding steroid dienone is 3. The van der Waals surface area contributed by atoms with Gasteiger partial charge in [-0.1, -0.05) is 54.9 Å². The molecule has 0 spiro atoms. The number of fused-ring (bicyclic) bond motifs is 2. The monoisotopic (exact) mass is 671 g/mol. The minimum Gasteiger partial charge on any atom is -0.748 e. The van der Waals surface area contributed by atoms with Gasteiger partial charge in [0.15, 0.2) is 12.3 Å². The zero-order chi connectivity index (χ0) is 32.4. The predicted molar refractivity (Wildman–Crippen MR) is 171 cm³/mol. The quantitative estimate of drug-likeness (QED) is 0.134. The van der Waals surface area contributed by atoms with Crippen molar-refractivity contribution >= 4 is 54.2 Å². The topological polar surface area (TPSA) is 144 Å². The van der Waals surface area contributed by atoms with Crippen molar-refractivity contribution < 1.29 is 39.7 Å². The smallest absolute Gasteiger partial charge is 0.377 e. The lowest BCUT2D eigenvalue weighted by molar-refractivity contribution is -0.678. The highest BCUT2D eigenvalue weighted by Gasteiger charge is 2.29. The molecule has 1 unspecified atom stereocenters. The Hall–Kier alpha value is -3.68. The number of hydrogen-bond acceptors (Lipinski definition) is 9. The van der Waals surface area contributed by atoms with E-state index in [0.717, 1.165) is 22.2 Å². The highest BCUT2D eigenvalue weighted by atomic mass is 35.5. The molecule has 5 rings (SSSR count). The van der Waals surface area contributed by atoms with Crippen LogP contribution in [0.25, 0.3) is 27.8 Å². The average Bonchev–Trinajstić information content (AvgIpc) is 3.52. The standard InChI is InChI=1S/C32H33ClN2O8S2/c1-3-23(11-15-31-34(17-7-19-44(36,37)38)28-21-26(33)12-14-29(28)42-31)32-35(18-16-22(2)45(39,40)41)27-20-25(10-13-30(27)43-32)24-8-5-4-6-9-24/h4-6,8-15,20-22H,3,7,16-19H2,1-2H3,(H-,36,37,38,39,40,41)/p-1. The molecule has 4 aromatic rings. The molecule has 0 N–H and O–H groups in total. The van der Waals surface area contributed by atoms with Crippen molar-refractivity contribution in [1.82, 2.24) is 0 Å². The third-order valence-corrected chi connectivity index (χ3v) is 9.86. The molecular formula is C32H32ClN2O8S2-. The molecule has 0 saturated heterocycles. The zero-order valence-electron chi connectivity index (χ0n) is 24.7. The van der Waals surface area contributed by atoms with Crippen LogP contribution in [-0.4, -0.2) is 43.5 Å². The molecule has 0 saturated carbocycles. The van der Waals surface area contributed by atoms with Gasteiger partial charge >= 0.3 is 5.89 Å². The van der Waals surface area contributed by atoms with Crippen LogP contribution in [0.4, 0.5) is 5.69 Å². The summed E-state index contributed by atoms with van der Waals surface area (Å²) in [6.45, 7) is 3.76. The number of nitrogens with zero attached hydrogens (tertiary/aromatic N) is 2. The third kappa shape index (κ3) is 7.77. The molecule has 13 heteroatoms. The molecule has 0 radical (unpaired) electrons. The molecule has 0 aliphatic carbocycles. The summed E-state index contributed by atoms with van der Waals surface area (Å²) in [6, 6.07) is 20.7. The number of hydrogen-bond donors (Lipinski definition) is 0. The Morgan fingerprint density at radius 3 is 2.47 bits per heavy atom. The Morgan fingerprint density at radius 2 is 1.78 bits per heavy atom. The fourth-order valence-corrected chi connectivity index (χ4v) is 6.19. The van der Waals surface area contributed by atoms with Crippen molar-refractivity contribution in [3.63, 3.8) is 0 Å². The first-order chi connectivity index (χ1) is 21.3. The van der Waals surface area contributed by atoms with E-state index < -0.39 is 31.2 Å². The highest BCUT2D eigenvalue weighted by Crippen LogP contribution is 2.41. The molecule has 3 aromatic carbocycles. The van der Waals surface area contributed by atoms with E-state index in [-0.39, 0.29) is 25.9 Å². The van der Waals surface area contributed by atoms with E-state index in [9.17, 15) is 25.9 Å². The van der Waals surface area contributed by atoms with Crippen molar-refractivity contribution in [2.45, 2.75) is 44.9 Å². The Kier molecular flexibility index (Phi) is 9.71. The van der Waals surface area contributed by atoms with Gasteiger partial charge in [-0.25, -0.2) is 16.8 Å². The Bertz CT molecular complexity index is 1990. The summed E-state index contributed by atoms with van der Waals surface area (Å²) in [5.74, 6) is 0.904. The molecule has 1 aliphatic rings. The van der Waals surface area contributed by atoms with Crippen LogP contribution in [0.15, 0.2) is 89.2 Å². The summed E-state index contributed by atoms with van der Waals surface area (Å²) in [5.41, 5.74) is 4.69. The van der Waals surface area contributed by atoms with Crippen molar-refractivity contribution in [2.75, 3.05) is 17.2 Å². The van der Waals surface area contributed by atoms with Crippen molar-refractivity contribution in [3.05, 3.63) is 95.7 Å². The van der Waals surface area contributed by atoms with Crippen LogP contribution in [0.3, 0.4) is 0 Å². The number of anilines is 1. The van der Waals surface area contributed by atoms with Gasteiger partial charge in [-0.3, -0.25) is 0 Å². The molecule has 45 heavy (non-hydrogen) atoms. The molecule has 10 nitrogen and oxygen atoms in total. The van der Waals surface area contributed by atoms with Crippen molar-refractivity contribution in [3.8, 4) is 16.9 Å². The van der Waals surface area contributed by atoms with Crippen LogP contribution in [-0.2, 0) is 26.8 Å². The summed E-state index contributed by atoms with van der Waals surface area (Å²) >= 11 is 6.23. The first-order valence-corrected chi connectivity index (χ1v) is 17.8. The fraction of sp³-hybridized carbons (Fsp3) is 0.281. The van der Waals surface area contributed by atoms with Crippen LogP contribution in [0.1, 0.15) is 39.0 Å². The van der Waals surface area contributed by atoms with E-state index in [2.05, 4.69) is 0 Å². The maximum absolute atomic E-state index is 11.7. The Balaban J connectivity index is 1.56. The number of aryl methyl sites for hydroxylation is 1. The van der Waals surface area contributed by atoms with E-state index in [1.807, 2.05) is 66.1 Å². The van der Waals surface area contributed by atoms with Gasteiger partial charge in [-0.15, -0.1) is 0 Å². The van der Waals surface area contributed by atoms with Crippen LogP contribution in [0, 0.1) is 0 Å². The first kappa shape index (κ1) is 32.7.